The molecule has 0 radical (unpaired) electrons. The Labute approximate surface area is 196 Å². The molecule has 1 aliphatic heterocycles. The first kappa shape index (κ1) is 25.7. The summed E-state index contributed by atoms with van der Waals surface area (Å²) in [5.74, 6) is 0.0263. The Balaban J connectivity index is 1.67. The molecule has 0 saturated carbocycles. The standard InChI is InChI=1S/C23H26F3N3O4S/c1-29-13-4-2-3-8-21(29)28-34(31,32)20-7-5-6-19(14-20)27-22(30)18-11-9-17(10-12-18)15-33-16-23(24,25)26/h5-7,9-12,14H,2-4,8,13,15-16H2,1H3,(H,27,30)/b28-21+. The van der Waals surface area contributed by atoms with E-state index in [9.17, 15) is 26.4 Å². The van der Waals surface area contributed by atoms with Crippen LogP contribution in [0, 0.1) is 0 Å². The van der Waals surface area contributed by atoms with Crippen LogP contribution in [0.5, 0.6) is 0 Å². The van der Waals surface area contributed by atoms with Crippen LogP contribution in [0.4, 0.5) is 18.9 Å². The third-order valence-electron chi connectivity index (χ3n) is 5.20. The summed E-state index contributed by atoms with van der Waals surface area (Å²) in [7, 11) is -2.13. The lowest BCUT2D eigenvalue weighted by atomic mass is 10.1. The van der Waals surface area contributed by atoms with E-state index in [1.54, 1.807) is 6.07 Å². The van der Waals surface area contributed by atoms with Crippen molar-refractivity contribution in [1.29, 1.82) is 0 Å². The lowest BCUT2D eigenvalue weighted by molar-refractivity contribution is -0.176. The van der Waals surface area contributed by atoms with Crippen molar-refractivity contribution in [1.82, 2.24) is 4.90 Å². The highest BCUT2D eigenvalue weighted by Gasteiger charge is 2.27. The van der Waals surface area contributed by atoms with Crippen LogP contribution in [0.3, 0.4) is 0 Å². The molecule has 0 bridgehead atoms. The Morgan fingerprint density at radius 2 is 1.85 bits per heavy atom. The van der Waals surface area contributed by atoms with Gasteiger partial charge >= 0.3 is 6.18 Å². The molecule has 1 heterocycles. The van der Waals surface area contributed by atoms with Crippen LogP contribution >= 0.6 is 0 Å². The second-order valence-electron chi connectivity index (χ2n) is 8.00. The zero-order chi connectivity index (χ0) is 24.8. The molecule has 0 unspecified atom stereocenters. The largest absolute Gasteiger partial charge is 0.411 e. The number of alkyl halides is 3. The number of carbonyl (C=O) groups is 1. The van der Waals surface area contributed by atoms with Crippen LogP contribution in [-0.2, 0) is 21.4 Å². The lowest BCUT2D eigenvalue weighted by Crippen LogP contribution is -2.26. The van der Waals surface area contributed by atoms with Crippen molar-refractivity contribution in [3.05, 3.63) is 59.7 Å². The van der Waals surface area contributed by atoms with Crippen molar-refractivity contribution in [2.75, 3.05) is 25.5 Å². The van der Waals surface area contributed by atoms with Gasteiger partial charge in [0.2, 0.25) is 0 Å². The number of halogens is 3. The highest BCUT2D eigenvalue weighted by Crippen LogP contribution is 2.21. The van der Waals surface area contributed by atoms with Crippen molar-refractivity contribution in [3.8, 4) is 0 Å². The van der Waals surface area contributed by atoms with Crippen molar-refractivity contribution < 1.29 is 31.1 Å². The fourth-order valence-corrected chi connectivity index (χ4v) is 4.55. The van der Waals surface area contributed by atoms with Gasteiger partial charge in [-0.15, -0.1) is 4.40 Å². The van der Waals surface area contributed by atoms with E-state index in [0.717, 1.165) is 25.8 Å². The number of anilines is 1. The summed E-state index contributed by atoms with van der Waals surface area (Å²) in [6.45, 7) is -0.840. The maximum Gasteiger partial charge on any atom is 0.411 e. The number of nitrogens with zero attached hydrogens (tertiary/aromatic N) is 2. The summed E-state index contributed by atoms with van der Waals surface area (Å²) in [4.78, 5) is 14.4. The van der Waals surface area contributed by atoms with Gasteiger partial charge in [-0.25, -0.2) is 0 Å². The third-order valence-corrected chi connectivity index (χ3v) is 6.50. The number of ether oxygens (including phenoxy) is 1. The van der Waals surface area contributed by atoms with Crippen molar-refractivity contribution in [2.24, 2.45) is 4.40 Å². The lowest BCUT2D eigenvalue weighted by Gasteiger charge is -2.17. The molecule has 2 aromatic carbocycles. The first-order valence-corrected chi connectivity index (χ1v) is 12.2. The molecule has 1 amide bonds. The van der Waals surface area contributed by atoms with E-state index in [2.05, 4.69) is 14.5 Å². The first-order valence-electron chi connectivity index (χ1n) is 10.7. The van der Waals surface area contributed by atoms with Crippen molar-refractivity contribution in [2.45, 2.75) is 43.4 Å². The minimum Gasteiger partial charge on any atom is -0.367 e. The number of carbonyl (C=O) groups excluding carboxylic acids is 1. The predicted molar refractivity (Wildman–Crippen MR) is 122 cm³/mol. The fourth-order valence-electron chi connectivity index (χ4n) is 3.41. The Kier molecular flexibility index (Phi) is 8.32. The molecule has 2 aromatic rings. The third kappa shape index (κ3) is 7.56. The average molecular weight is 498 g/mol. The summed E-state index contributed by atoms with van der Waals surface area (Å²) < 4.78 is 70.8. The summed E-state index contributed by atoms with van der Waals surface area (Å²) in [5.41, 5.74) is 1.02. The van der Waals surface area contributed by atoms with Gasteiger partial charge in [0.25, 0.3) is 15.9 Å². The molecule has 7 nitrogen and oxygen atoms in total. The quantitative estimate of drug-likeness (QED) is 0.604. The SMILES string of the molecule is CN1CCCCC/C1=N\S(=O)(=O)c1cccc(NC(=O)c2ccc(COCC(F)(F)F)cc2)c1. The number of benzene rings is 2. The molecule has 0 spiro atoms. The van der Waals surface area contributed by atoms with Crippen LogP contribution in [0.15, 0.2) is 57.8 Å². The second kappa shape index (κ2) is 11.0. The number of amides is 1. The van der Waals surface area contributed by atoms with E-state index >= 15 is 0 Å². The van der Waals surface area contributed by atoms with Crippen molar-refractivity contribution >= 4 is 27.5 Å². The molecular weight excluding hydrogens is 471 g/mol. The Morgan fingerprint density at radius 3 is 2.56 bits per heavy atom. The molecule has 11 heteroatoms. The van der Waals surface area contributed by atoms with Gasteiger partial charge in [-0.05, 0) is 48.7 Å². The highest BCUT2D eigenvalue weighted by atomic mass is 32.2. The van der Waals surface area contributed by atoms with Crippen LogP contribution in [0.25, 0.3) is 0 Å². The molecule has 0 aromatic heterocycles. The minimum absolute atomic E-state index is 0.0346. The average Bonchev–Trinajstić information content (AvgIpc) is 2.97. The number of hydrogen-bond acceptors (Lipinski definition) is 4. The van der Waals surface area contributed by atoms with E-state index in [-0.39, 0.29) is 22.8 Å². The zero-order valence-corrected chi connectivity index (χ0v) is 19.5. The Morgan fingerprint density at radius 1 is 1.12 bits per heavy atom. The molecule has 1 fully saturated rings. The van der Waals surface area contributed by atoms with Crippen molar-refractivity contribution in [3.63, 3.8) is 0 Å². The summed E-state index contributed by atoms with van der Waals surface area (Å²) in [5, 5.41) is 2.63. The molecule has 184 valence electrons. The van der Waals surface area contributed by atoms with E-state index < -0.39 is 28.7 Å². The minimum atomic E-state index is -4.40. The topological polar surface area (TPSA) is 88.1 Å². The Hall–Kier alpha value is -2.92. The summed E-state index contributed by atoms with van der Waals surface area (Å²) in [6, 6.07) is 11.7. The van der Waals surface area contributed by atoms with Gasteiger partial charge < -0.3 is 15.0 Å². The van der Waals surface area contributed by atoms with Gasteiger partial charge in [-0.1, -0.05) is 24.6 Å². The summed E-state index contributed by atoms with van der Waals surface area (Å²) >= 11 is 0. The van der Waals surface area contributed by atoms with Crippen LogP contribution in [0.1, 0.15) is 41.6 Å². The molecule has 3 rings (SSSR count). The first-order chi connectivity index (χ1) is 16.0. The number of amidine groups is 1. The predicted octanol–water partition coefficient (Wildman–Crippen LogP) is 4.61. The normalized spacial score (nSPS) is 16.4. The summed E-state index contributed by atoms with van der Waals surface area (Å²) in [6.07, 6.45) is -0.935. The van der Waals surface area contributed by atoms with E-state index in [1.807, 2.05) is 11.9 Å². The van der Waals surface area contributed by atoms with Crippen LogP contribution in [0.2, 0.25) is 0 Å². The smallest absolute Gasteiger partial charge is 0.367 e. The molecular formula is C23H26F3N3O4S. The molecule has 1 aliphatic rings. The number of nitrogens with one attached hydrogen (secondary N) is 1. The molecule has 34 heavy (non-hydrogen) atoms. The van der Waals surface area contributed by atoms with Gasteiger partial charge in [0.1, 0.15) is 12.4 Å². The highest BCUT2D eigenvalue weighted by molar-refractivity contribution is 7.90. The van der Waals surface area contributed by atoms with Gasteiger partial charge in [0.15, 0.2) is 0 Å². The second-order valence-corrected chi connectivity index (χ2v) is 9.61. The van der Waals surface area contributed by atoms with Gasteiger partial charge in [-0.3, -0.25) is 4.79 Å². The monoisotopic (exact) mass is 497 g/mol. The van der Waals surface area contributed by atoms with Gasteiger partial charge in [0.05, 0.1) is 11.5 Å². The number of likely N-dealkylation sites (tertiary alicyclic amines) is 1. The molecule has 1 N–H and O–H groups in total. The van der Waals surface area contributed by atoms with Gasteiger partial charge in [0, 0.05) is 31.3 Å². The molecule has 1 saturated heterocycles. The van der Waals surface area contributed by atoms with E-state index in [0.29, 0.717) is 17.8 Å². The Bertz CT molecular complexity index is 1130. The zero-order valence-electron chi connectivity index (χ0n) is 18.6. The number of hydrogen-bond donors (Lipinski definition) is 1. The molecule has 0 atom stereocenters. The van der Waals surface area contributed by atoms with Crippen LogP contribution < -0.4 is 5.32 Å². The van der Waals surface area contributed by atoms with Gasteiger partial charge in [-0.2, -0.15) is 21.6 Å². The van der Waals surface area contributed by atoms with E-state index in [4.69, 9.17) is 0 Å². The number of sulfonamides is 1. The maximum absolute atomic E-state index is 12.8. The fraction of sp³-hybridized carbons (Fsp3) is 0.391. The molecule has 0 aliphatic carbocycles. The van der Waals surface area contributed by atoms with E-state index in [1.165, 1.54) is 42.5 Å². The maximum atomic E-state index is 12.8. The number of rotatable bonds is 7. The van der Waals surface area contributed by atoms with Crippen LogP contribution in [-0.4, -0.2) is 51.4 Å².